The quantitative estimate of drug-likeness (QED) is 0.155. The lowest BCUT2D eigenvalue weighted by Crippen LogP contribution is -2.14. The van der Waals surface area contributed by atoms with E-state index in [4.69, 9.17) is 5.11 Å². The number of ether oxygens (including phenoxy) is 1. The summed E-state index contributed by atoms with van der Waals surface area (Å²) >= 11 is 0. The van der Waals surface area contributed by atoms with Crippen molar-refractivity contribution in [2.45, 2.75) is 111 Å². The summed E-state index contributed by atoms with van der Waals surface area (Å²) in [5.74, 6) is -1.24. The van der Waals surface area contributed by atoms with E-state index >= 15 is 0 Å². The summed E-state index contributed by atoms with van der Waals surface area (Å²) in [4.78, 5) is 33.7. The molecule has 29 heavy (non-hydrogen) atoms. The van der Waals surface area contributed by atoms with Gasteiger partial charge in [-0.2, -0.15) is 0 Å². The van der Waals surface area contributed by atoms with Crippen molar-refractivity contribution in [1.82, 2.24) is 0 Å². The maximum atomic E-state index is 11.8. The molecule has 0 amide bonds. The molecule has 0 saturated carbocycles. The molecule has 0 aromatic heterocycles. The molecule has 0 atom stereocenters. The fourth-order valence-corrected chi connectivity index (χ4v) is 3.23. The van der Waals surface area contributed by atoms with E-state index in [-0.39, 0.29) is 11.4 Å². The molecule has 0 aliphatic rings. The highest BCUT2D eigenvalue weighted by atomic mass is 16.5. The highest BCUT2D eigenvalue weighted by Crippen LogP contribution is 2.14. The summed E-state index contributed by atoms with van der Waals surface area (Å²) in [5, 5.41) is 8.46. The molecular weight excluding hydrogens is 368 g/mol. The Hall–Kier alpha value is -1.65. The molecule has 0 bridgehead atoms. The number of unbranched alkanes of at least 4 members (excludes halogenated alkanes) is 11. The van der Waals surface area contributed by atoms with Gasteiger partial charge in [0.15, 0.2) is 12.4 Å². The number of aliphatic carboxylic acids is 1. The zero-order valence-corrected chi connectivity index (χ0v) is 18.8. The predicted molar refractivity (Wildman–Crippen MR) is 117 cm³/mol. The van der Waals surface area contributed by atoms with Crippen LogP contribution in [0.2, 0.25) is 0 Å². The molecule has 0 unspecified atom stereocenters. The highest BCUT2D eigenvalue weighted by Gasteiger charge is 2.10. The summed E-state index contributed by atoms with van der Waals surface area (Å²) in [7, 11) is 0. The number of allylic oxidation sites excluding steroid dienone is 1. The van der Waals surface area contributed by atoms with E-state index in [2.05, 4.69) is 18.6 Å². The molecule has 0 saturated heterocycles. The Kier molecular flexibility index (Phi) is 17.3. The van der Waals surface area contributed by atoms with Crippen LogP contribution in [0.5, 0.6) is 0 Å². The fourth-order valence-electron chi connectivity index (χ4n) is 3.23. The molecule has 0 aliphatic carbocycles. The first-order valence-electron chi connectivity index (χ1n) is 11.4. The largest absolute Gasteiger partial charge is 0.479 e. The number of ketones is 1. The Labute approximate surface area is 177 Å². The summed E-state index contributed by atoms with van der Waals surface area (Å²) in [6.45, 7) is 5.37. The lowest BCUT2D eigenvalue weighted by atomic mass is 10.0. The lowest BCUT2D eigenvalue weighted by molar-refractivity contribution is -0.152. The van der Waals surface area contributed by atoms with Crippen LogP contribution in [0.15, 0.2) is 11.6 Å². The normalized spacial score (nSPS) is 11.7. The summed E-state index contributed by atoms with van der Waals surface area (Å²) in [5.41, 5.74) is 0.149. The molecule has 0 aromatic carbocycles. The van der Waals surface area contributed by atoms with Gasteiger partial charge in [0.2, 0.25) is 0 Å². The number of carbonyl (C=O) groups excluding carboxylic acids is 2. The first kappa shape index (κ1) is 27.4. The van der Waals surface area contributed by atoms with Gasteiger partial charge in [-0.25, -0.2) is 9.59 Å². The predicted octanol–water partition coefficient (Wildman–Crippen LogP) is 6.25. The molecule has 0 aromatic rings. The minimum Gasteiger partial charge on any atom is -0.479 e. The van der Waals surface area contributed by atoms with Gasteiger partial charge < -0.3 is 9.84 Å². The molecule has 0 spiro atoms. The van der Waals surface area contributed by atoms with Gasteiger partial charge in [-0.15, -0.1) is 0 Å². The van der Waals surface area contributed by atoms with Gasteiger partial charge in [0, 0.05) is 12.0 Å². The third-order valence-corrected chi connectivity index (χ3v) is 4.98. The maximum Gasteiger partial charge on any atom is 0.341 e. The van der Waals surface area contributed by atoms with Crippen molar-refractivity contribution in [3.8, 4) is 0 Å². The standard InChI is InChI=1S/C24H42O5/c1-20(2)16-14-12-10-8-6-4-5-7-9-11-13-15-17-22(25)18-21(3)24(28)29-19-23(26)27/h18,20H,4-17,19H2,1-3H3,(H,26,27). The molecule has 5 heteroatoms. The Bertz CT molecular complexity index is 493. The number of esters is 1. The molecule has 0 heterocycles. The van der Waals surface area contributed by atoms with E-state index < -0.39 is 18.5 Å². The first-order chi connectivity index (χ1) is 13.8. The number of carbonyl (C=O) groups is 3. The summed E-state index contributed by atoms with van der Waals surface area (Å²) in [6, 6.07) is 0. The minimum absolute atomic E-state index is 0.108. The fraction of sp³-hybridized carbons (Fsp3) is 0.792. The van der Waals surface area contributed by atoms with E-state index in [1.165, 1.54) is 77.2 Å². The summed E-state index contributed by atoms with van der Waals surface area (Å²) < 4.78 is 4.54. The number of hydrogen-bond donors (Lipinski definition) is 1. The molecule has 0 fully saturated rings. The van der Waals surface area contributed by atoms with E-state index in [9.17, 15) is 14.4 Å². The van der Waals surface area contributed by atoms with Gasteiger partial charge in [-0.05, 0) is 25.3 Å². The zero-order chi connectivity index (χ0) is 21.9. The van der Waals surface area contributed by atoms with E-state index in [0.717, 1.165) is 25.2 Å². The number of hydrogen-bond acceptors (Lipinski definition) is 4. The highest BCUT2D eigenvalue weighted by molar-refractivity contribution is 5.99. The molecule has 0 radical (unpaired) electrons. The van der Waals surface area contributed by atoms with Gasteiger partial charge in [0.25, 0.3) is 0 Å². The van der Waals surface area contributed by atoms with Crippen molar-refractivity contribution in [2.24, 2.45) is 5.92 Å². The van der Waals surface area contributed by atoms with Gasteiger partial charge in [0.1, 0.15) is 0 Å². The summed E-state index contributed by atoms with van der Waals surface area (Å²) in [6.07, 6.45) is 18.0. The Morgan fingerprint density at radius 2 is 1.24 bits per heavy atom. The van der Waals surface area contributed by atoms with E-state index in [1.54, 1.807) is 0 Å². The zero-order valence-electron chi connectivity index (χ0n) is 18.8. The second kappa shape index (κ2) is 18.4. The van der Waals surface area contributed by atoms with Gasteiger partial charge in [0.05, 0.1) is 0 Å². The monoisotopic (exact) mass is 410 g/mol. The number of rotatable bonds is 19. The molecule has 1 N–H and O–H groups in total. The average molecular weight is 411 g/mol. The molecule has 5 nitrogen and oxygen atoms in total. The van der Waals surface area contributed by atoms with Crippen LogP contribution in [-0.2, 0) is 19.1 Å². The molecule has 0 aliphatic heterocycles. The Morgan fingerprint density at radius 1 is 0.793 bits per heavy atom. The van der Waals surface area contributed by atoms with E-state index in [0.29, 0.717) is 6.42 Å². The van der Waals surface area contributed by atoms with Crippen molar-refractivity contribution in [1.29, 1.82) is 0 Å². The number of carboxylic acids is 1. The Balaban J connectivity index is 3.49. The van der Waals surface area contributed by atoms with Crippen molar-refractivity contribution in [2.75, 3.05) is 6.61 Å². The molecule has 168 valence electrons. The van der Waals surface area contributed by atoms with Crippen molar-refractivity contribution >= 4 is 17.7 Å². The van der Waals surface area contributed by atoms with Crippen molar-refractivity contribution in [3.63, 3.8) is 0 Å². The van der Waals surface area contributed by atoms with Crippen molar-refractivity contribution in [3.05, 3.63) is 11.6 Å². The van der Waals surface area contributed by atoms with Crippen LogP contribution in [0, 0.1) is 5.92 Å². The molecule has 0 rings (SSSR count). The lowest BCUT2D eigenvalue weighted by Gasteiger charge is -2.05. The Morgan fingerprint density at radius 3 is 1.69 bits per heavy atom. The third-order valence-electron chi connectivity index (χ3n) is 4.98. The van der Waals surface area contributed by atoms with E-state index in [1.807, 2.05) is 0 Å². The van der Waals surface area contributed by atoms with Crippen LogP contribution in [0.25, 0.3) is 0 Å². The number of carboxylic acid groups (broad SMARTS) is 1. The van der Waals surface area contributed by atoms with Crippen LogP contribution in [-0.4, -0.2) is 29.4 Å². The second-order valence-corrected chi connectivity index (χ2v) is 8.44. The maximum absolute atomic E-state index is 11.8. The van der Waals surface area contributed by atoms with Crippen LogP contribution in [0.3, 0.4) is 0 Å². The first-order valence-corrected chi connectivity index (χ1v) is 11.4. The average Bonchev–Trinajstić information content (AvgIpc) is 2.65. The minimum atomic E-state index is -1.21. The van der Waals surface area contributed by atoms with Crippen LogP contribution >= 0.6 is 0 Å². The van der Waals surface area contributed by atoms with Gasteiger partial charge in [-0.3, -0.25) is 4.79 Å². The van der Waals surface area contributed by atoms with Crippen LogP contribution in [0.4, 0.5) is 0 Å². The van der Waals surface area contributed by atoms with Gasteiger partial charge >= 0.3 is 11.9 Å². The van der Waals surface area contributed by atoms with Gasteiger partial charge in [-0.1, -0.05) is 90.9 Å². The topological polar surface area (TPSA) is 80.7 Å². The van der Waals surface area contributed by atoms with Crippen molar-refractivity contribution < 1.29 is 24.2 Å². The van der Waals surface area contributed by atoms with Crippen LogP contribution < -0.4 is 0 Å². The third kappa shape index (κ3) is 19.4. The SMILES string of the molecule is CC(=CC(=O)CCCCCCCCCCCCCCC(C)C)C(=O)OCC(=O)O. The second-order valence-electron chi connectivity index (χ2n) is 8.44. The smallest absolute Gasteiger partial charge is 0.341 e. The molecular formula is C24H42O5. The van der Waals surface area contributed by atoms with Crippen LogP contribution in [0.1, 0.15) is 111 Å².